The van der Waals surface area contributed by atoms with Gasteiger partial charge >= 0.3 is 6.16 Å². The first-order valence-corrected chi connectivity index (χ1v) is 7.88. The maximum absolute atomic E-state index is 12.2. The topological polar surface area (TPSA) is 109 Å². The third-order valence-electron chi connectivity index (χ3n) is 3.74. The second-order valence-electron chi connectivity index (χ2n) is 5.56. The van der Waals surface area contributed by atoms with Crippen molar-refractivity contribution in [1.82, 2.24) is 9.97 Å². The molecule has 140 valence electrons. The summed E-state index contributed by atoms with van der Waals surface area (Å²) >= 11 is 0. The first kappa shape index (κ1) is 18.2. The standard InChI is InChI=1S/C18H17FN4O4/c1-10-3-4-13(16(5-10)27-18(24)26-8-19)23-17-11-6-15(25-2)12(20)7-14(11)21-9-22-17/h3-7,9H,8,20H2,1-2H3,(H,21,22,23). The molecule has 0 spiro atoms. The Morgan fingerprint density at radius 3 is 2.78 bits per heavy atom. The highest BCUT2D eigenvalue weighted by Crippen LogP contribution is 2.34. The van der Waals surface area contributed by atoms with Crippen LogP contribution >= 0.6 is 0 Å². The number of carbonyl (C=O) groups is 1. The highest BCUT2D eigenvalue weighted by Gasteiger charge is 2.14. The molecular formula is C18H17FN4O4. The van der Waals surface area contributed by atoms with Crippen molar-refractivity contribution in [1.29, 1.82) is 0 Å². The molecule has 0 atom stereocenters. The normalized spacial score (nSPS) is 10.5. The number of benzene rings is 2. The quantitative estimate of drug-likeness (QED) is 0.396. The zero-order valence-corrected chi connectivity index (χ0v) is 14.7. The number of nitrogens with two attached hydrogens (primary N) is 1. The van der Waals surface area contributed by atoms with E-state index >= 15 is 0 Å². The lowest BCUT2D eigenvalue weighted by molar-refractivity contribution is 0.0612. The van der Waals surface area contributed by atoms with Gasteiger partial charge in [-0.1, -0.05) is 6.07 Å². The molecule has 0 radical (unpaired) electrons. The maximum Gasteiger partial charge on any atom is 0.516 e. The van der Waals surface area contributed by atoms with Gasteiger partial charge < -0.3 is 25.3 Å². The predicted molar refractivity (Wildman–Crippen MR) is 98.0 cm³/mol. The van der Waals surface area contributed by atoms with Gasteiger partial charge in [-0.15, -0.1) is 0 Å². The van der Waals surface area contributed by atoms with Crippen LogP contribution in [-0.4, -0.2) is 30.1 Å². The Kier molecular flexibility index (Phi) is 5.20. The van der Waals surface area contributed by atoms with E-state index in [2.05, 4.69) is 20.0 Å². The number of nitrogen functional groups attached to an aromatic ring is 1. The molecule has 2 aromatic carbocycles. The minimum Gasteiger partial charge on any atom is -0.495 e. The summed E-state index contributed by atoms with van der Waals surface area (Å²) in [5, 5.41) is 3.74. The van der Waals surface area contributed by atoms with E-state index in [1.165, 1.54) is 13.4 Å². The fourth-order valence-electron chi connectivity index (χ4n) is 2.48. The molecule has 3 rings (SSSR count). The molecule has 27 heavy (non-hydrogen) atoms. The molecule has 0 saturated heterocycles. The van der Waals surface area contributed by atoms with Gasteiger partial charge in [-0.3, -0.25) is 0 Å². The summed E-state index contributed by atoms with van der Waals surface area (Å²) in [7, 11) is 1.51. The van der Waals surface area contributed by atoms with Crippen LogP contribution in [0.2, 0.25) is 0 Å². The largest absolute Gasteiger partial charge is 0.516 e. The molecule has 8 nitrogen and oxygen atoms in total. The van der Waals surface area contributed by atoms with Crippen LogP contribution in [0.3, 0.4) is 0 Å². The Labute approximate surface area is 154 Å². The zero-order chi connectivity index (χ0) is 19.4. The van der Waals surface area contributed by atoms with Crippen molar-refractivity contribution in [2.24, 2.45) is 0 Å². The van der Waals surface area contributed by atoms with Gasteiger partial charge in [0.2, 0.25) is 6.86 Å². The SMILES string of the molecule is COc1cc2c(Nc3ccc(C)cc3OC(=O)OCF)ncnc2cc1N. The summed E-state index contributed by atoms with van der Waals surface area (Å²) < 4.78 is 26.7. The van der Waals surface area contributed by atoms with Crippen LogP contribution in [0.1, 0.15) is 5.56 Å². The minimum absolute atomic E-state index is 0.169. The summed E-state index contributed by atoms with van der Waals surface area (Å²) in [5.74, 6) is 1.10. The fourth-order valence-corrected chi connectivity index (χ4v) is 2.48. The van der Waals surface area contributed by atoms with Crippen LogP contribution in [-0.2, 0) is 4.74 Å². The van der Waals surface area contributed by atoms with Crippen LogP contribution in [0.5, 0.6) is 11.5 Å². The molecule has 0 fully saturated rings. The van der Waals surface area contributed by atoms with Crippen LogP contribution in [0, 0.1) is 6.92 Å². The summed E-state index contributed by atoms with van der Waals surface area (Å²) in [4.78, 5) is 19.9. The smallest absolute Gasteiger partial charge is 0.495 e. The highest BCUT2D eigenvalue weighted by molar-refractivity contribution is 5.94. The number of aromatic nitrogens is 2. The minimum atomic E-state index is -1.27. The predicted octanol–water partition coefficient (Wildman–Crippen LogP) is 3.72. The number of anilines is 3. The van der Waals surface area contributed by atoms with E-state index in [4.69, 9.17) is 15.2 Å². The number of fused-ring (bicyclic) bond motifs is 1. The van der Waals surface area contributed by atoms with E-state index in [0.717, 1.165) is 5.56 Å². The van der Waals surface area contributed by atoms with E-state index in [1.807, 2.05) is 13.0 Å². The van der Waals surface area contributed by atoms with Crippen molar-refractivity contribution >= 4 is 34.3 Å². The molecule has 3 N–H and O–H groups in total. The summed E-state index contributed by atoms with van der Waals surface area (Å²) in [6.07, 6.45) is 0.232. The second kappa shape index (κ2) is 7.73. The molecule has 0 aliphatic carbocycles. The number of aryl methyl sites for hydroxylation is 1. The molecule has 0 aliphatic rings. The Balaban J connectivity index is 2.01. The summed E-state index contributed by atoms with van der Waals surface area (Å²) in [6, 6.07) is 8.52. The molecule has 0 saturated carbocycles. The molecule has 0 amide bonds. The van der Waals surface area contributed by atoms with Crippen molar-refractivity contribution < 1.29 is 23.4 Å². The monoisotopic (exact) mass is 372 g/mol. The van der Waals surface area contributed by atoms with Crippen molar-refractivity contribution in [2.45, 2.75) is 6.92 Å². The lowest BCUT2D eigenvalue weighted by Gasteiger charge is -2.14. The molecule has 1 aromatic heterocycles. The summed E-state index contributed by atoms with van der Waals surface area (Å²) in [6.45, 7) is 0.552. The first-order chi connectivity index (χ1) is 13.0. The number of halogens is 1. The number of methoxy groups -OCH3 is 1. The number of nitrogens with zero attached hydrogens (tertiary/aromatic N) is 2. The lowest BCUT2D eigenvalue weighted by Crippen LogP contribution is -2.11. The van der Waals surface area contributed by atoms with Crippen LogP contribution < -0.4 is 20.5 Å². The zero-order valence-electron chi connectivity index (χ0n) is 14.7. The molecular weight excluding hydrogens is 355 g/mol. The van der Waals surface area contributed by atoms with Gasteiger partial charge in [0, 0.05) is 5.39 Å². The van der Waals surface area contributed by atoms with Crippen LogP contribution in [0.15, 0.2) is 36.7 Å². The lowest BCUT2D eigenvalue weighted by atomic mass is 10.1. The van der Waals surface area contributed by atoms with E-state index in [9.17, 15) is 9.18 Å². The van der Waals surface area contributed by atoms with Crippen molar-refractivity contribution in [2.75, 3.05) is 25.0 Å². The average molecular weight is 372 g/mol. The highest BCUT2D eigenvalue weighted by atomic mass is 19.1. The van der Waals surface area contributed by atoms with Gasteiger partial charge in [-0.25, -0.2) is 19.2 Å². The van der Waals surface area contributed by atoms with Crippen molar-refractivity contribution in [3.8, 4) is 11.5 Å². The number of hydrogen-bond acceptors (Lipinski definition) is 8. The molecule has 9 heteroatoms. The van der Waals surface area contributed by atoms with Crippen molar-refractivity contribution in [3.05, 3.63) is 42.2 Å². The number of rotatable bonds is 5. The molecule has 0 bridgehead atoms. The van der Waals surface area contributed by atoms with Gasteiger partial charge in [0.25, 0.3) is 0 Å². The Hall–Kier alpha value is -3.62. The van der Waals surface area contributed by atoms with Gasteiger partial charge in [0.05, 0.1) is 24.0 Å². The van der Waals surface area contributed by atoms with Gasteiger partial charge in [0.1, 0.15) is 17.9 Å². The number of hydrogen-bond donors (Lipinski definition) is 2. The summed E-state index contributed by atoms with van der Waals surface area (Å²) in [5.41, 5.74) is 8.25. The fraction of sp³-hybridized carbons (Fsp3) is 0.167. The van der Waals surface area contributed by atoms with E-state index in [1.54, 1.807) is 24.3 Å². The third kappa shape index (κ3) is 3.97. The Morgan fingerprint density at radius 2 is 2.04 bits per heavy atom. The number of ether oxygens (including phenoxy) is 3. The molecule has 0 aliphatic heterocycles. The van der Waals surface area contributed by atoms with E-state index in [0.29, 0.717) is 33.8 Å². The Bertz CT molecular complexity index is 997. The van der Waals surface area contributed by atoms with Crippen molar-refractivity contribution in [3.63, 3.8) is 0 Å². The second-order valence-corrected chi connectivity index (χ2v) is 5.56. The van der Waals surface area contributed by atoms with Gasteiger partial charge in [-0.2, -0.15) is 0 Å². The number of nitrogens with one attached hydrogen (secondary N) is 1. The number of carbonyl (C=O) groups excluding carboxylic acids is 1. The molecule has 0 unspecified atom stereocenters. The molecule has 3 aromatic rings. The Morgan fingerprint density at radius 1 is 1.22 bits per heavy atom. The average Bonchev–Trinajstić information content (AvgIpc) is 2.63. The van der Waals surface area contributed by atoms with Gasteiger partial charge in [-0.05, 0) is 36.8 Å². The van der Waals surface area contributed by atoms with E-state index < -0.39 is 13.0 Å². The van der Waals surface area contributed by atoms with E-state index in [-0.39, 0.29) is 5.75 Å². The van der Waals surface area contributed by atoms with Crippen LogP contribution in [0.25, 0.3) is 10.9 Å². The van der Waals surface area contributed by atoms with Gasteiger partial charge in [0.15, 0.2) is 5.75 Å². The number of alkyl halides is 1. The third-order valence-corrected chi connectivity index (χ3v) is 3.74. The molecule has 1 heterocycles. The van der Waals surface area contributed by atoms with Crippen LogP contribution in [0.4, 0.5) is 26.4 Å². The first-order valence-electron chi connectivity index (χ1n) is 7.88. The maximum atomic E-state index is 12.2.